The molecule has 0 amide bonds. The van der Waals surface area contributed by atoms with Crippen LogP contribution < -0.4 is 5.73 Å². The summed E-state index contributed by atoms with van der Waals surface area (Å²) >= 11 is 0. The van der Waals surface area contributed by atoms with E-state index in [1.807, 2.05) is 0 Å². The Hall–Kier alpha value is -3.28. The van der Waals surface area contributed by atoms with Gasteiger partial charge in [-0.05, 0) is 39.6 Å². The Bertz CT molecular complexity index is 1200. The van der Waals surface area contributed by atoms with E-state index < -0.39 is 91.9 Å². The summed E-state index contributed by atoms with van der Waals surface area (Å²) in [4.78, 5) is 41.1. The fourth-order valence-electron chi connectivity index (χ4n) is 5.57. The van der Waals surface area contributed by atoms with Gasteiger partial charge in [-0.1, -0.05) is 0 Å². The van der Waals surface area contributed by atoms with Crippen LogP contribution in [-0.2, 0) is 20.0 Å². The molecule has 11 heteroatoms. The van der Waals surface area contributed by atoms with Crippen molar-refractivity contribution in [3.05, 3.63) is 46.1 Å². The number of nitrogens with zero attached hydrogens (tertiary/aromatic N) is 1. The van der Waals surface area contributed by atoms with E-state index in [0.29, 0.717) is 0 Å². The molecule has 0 bridgehead atoms. The lowest BCUT2D eigenvalue weighted by atomic mass is 9.53. The number of halogens is 1. The summed E-state index contributed by atoms with van der Waals surface area (Å²) in [6.07, 6.45) is -0.387. The summed E-state index contributed by atoms with van der Waals surface area (Å²) in [7, 11) is 2.90. The Kier molecular flexibility index (Phi) is 4.76. The molecule has 0 aromatic heterocycles. The summed E-state index contributed by atoms with van der Waals surface area (Å²) in [5, 5.41) is 53.7. The first kappa shape index (κ1) is 22.9. The van der Waals surface area contributed by atoms with Crippen LogP contribution in [0.4, 0.5) is 4.39 Å². The molecule has 3 aliphatic rings. The molecular formula is C22H23FN2O8. The van der Waals surface area contributed by atoms with Crippen molar-refractivity contribution in [1.29, 1.82) is 0 Å². The van der Waals surface area contributed by atoms with Crippen molar-refractivity contribution in [2.24, 2.45) is 17.6 Å². The van der Waals surface area contributed by atoms with Gasteiger partial charge in [0.05, 0.1) is 17.2 Å². The van der Waals surface area contributed by atoms with E-state index in [1.165, 1.54) is 25.9 Å². The lowest BCUT2D eigenvalue weighted by molar-refractivity contribution is -0.169. The molecule has 7 N–H and O–H groups in total. The van der Waals surface area contributed by atoms with E-state index in [9.17, 15) is 44.3 Å². The molecule has 5 atom stereocenters. The van der Waals surface area contributed by atoms with Gasteiger partial charge in [0.1, 0.15) is 22.9 Å². The van der Waals surface area contributed by atoms with Gasteiger partial charge >= 0.3 is 0 Å². The first-order valence-electron chi connectivity index (χ1n) is 10.1. The third-order valence-corrected chi connectivity index (χ3v) is 7.06. The molecule has 1 aromatic rings. The number of ketones is 3. The van der Waals surface area contributed by atoms with Crippen LogP contribution in [0.5, 0.6) is 5.75 Å². The zero-order valence-electron chi connectivity index (χ0n) is 18.0. The molecular weight excluding hydrogens is 439 g/mol. The Morgan fingerprint density at radius 1 is 1.15 bits per heavy atom. The molecule has 0 spiro atoms. The summed E-state index contributed by atoms with van der Waals surface area (Å²) in [6, 6.07) is 0.498. The number of phenolic OH excluding ortho intramolecular Hbond substituents is 1. The van der Waals surface area contributed by atoms with Crippen LogP contribution in [0.3, 0.4) is 0 Å². The quantitative estimate of drug-likeness (QED) is 0.141. The number of fused-ring (bicyclic) bond motifs is 3. The van der Waals surface area contributed by atoms with Crippen molar-refractivity contribution in [1.82, 2.24) is 4.90 Å². The van der Waals surface area contributed by atoms with Crippen molar-refractivity contribution >= 4 is 23.1 Å². The van der Waals surface area contributed by atoms with Gasteiger partial charge < -0.3 is 31.3 Å². The molecule has 0 heterocycles. The SMILES string of the molecule is CN(C)[C@@H]1C(=O)/C(=C(\N)O)C(=O)[C@]2(O)C(=O)C3=C(O)c4c(O)ccc(F)c4C(C)(O)[C@H]3C[C@H]12. The molecule has 176 valence electrons. The number of aromatic hydroxyl groups is 1. The zero-order chi connectivity index (χ0) is 24.8. The molecule has 0 aliphatic heterocycles. The number of nitrogens with two attached hydrogens (primary N) is 1. The highest BCUT2D eigenvalue weighted by molar-refractivity contribution is 6.35. The molecule has 1 unspecified atom stereocenters. The minimum atomic E-state index is -2.91. The minimum absolute atomic E-state index is 0.387. The topological polar surface area (TPSA) is 182 Å². The first-order valence-corrected chi connectivity index (χ1v) is 10.1. The largest absolute Gasteiger partial charge is 0.507 e. The summed E-state index contributed by atoms with van der Waals surface area (Å²) in [5.41, 5.74) is -2.30. The fraction of sp³-hybridized carbons (Fsp3) is 0.409. The molecule has 0 radical (unpaired) electrons. The lowest BCUT2D eigenvalue weighted by Gasteiger charge is -2.52. The number of phenols is 1. The minimum Gasteiger partial charge on any atom is -0.507 e. The number of benzene rings is 1. The van der Waals surface area contributed by atoms with Crippen molar-refractivity contribution in [3.63, 3.8) is 0 Å². The van der Waals surface area contributed by atoms with Gasteiger partial charge in [-0.3, -0.25) is 19.3 Å². The molecule has 4 rings (SSSR count). The van der Waals surface area contributed by atoms with Crippen LogP contribution in [0.15, 0.2) is 29.2 Å². The van der Waals surface area contributed by atoms with Crippen molar-refractivity contribution < 1.29 is 44.3 Å². The van der Waals surface area contributed by atoms with Gasteiger partial charge in [0.15, 0.2) is 17.3 Å². The fourth-order valence-corrected chi connectivity index (χ4v) is 5.57. The molecule has 2 fully saturated rings. The van der Waals surface area contributed by atoms with Crippen molar-refractivity contribution in [3.8, 4) is 5.75 Å². The van der Waals surface area contributed by atoms with Gasteiger partial charge in [0.25, 0.3) is 0 Å². The second kappa shape index (κ2) is 6.86. The third-order valence-electron chi connectivity index (χ3n) is 7.06. The van der Waals surface area contributed by atoms with E-state index in [2.05, 4.69) is 0 Å². The normalized spacial score (nSPS) is 35.4. The van der Waals surface area contributed by atoms with Gasteiger partial charge in [0.2, 0.25) is 11.6 Å². The van der Waals surface area contributed by atoms with E-state index in [0.717, 1.165) is 12.1 Å². The summed E-state index contributed by atoms with van der Waals surface area (Å²) in [6.45, 7) is 1.18. The van der Waals surface area contributed by atoms with E-state index >= 15 is 0 Å². The highest BCUT2D eigenvalue weighted by Crippen LogP contribution is 2.56. The number of carbonyl (C=O) groups excluding carboxylic acids is 3. The number of carbonyl (C=O) groups is 3. The van der Waals surface area contributed by atoms with Crippen LogP contribution in [0, 0.1) is 17.7 Å². The van der Waals surface area contributed by atoms with E-state index in [4.69, 9.17) is 5.73 Å². The first-order chi connectivity index (χ1) is 15.2. The predicted octanol–water partition coefficient (Wildman–Crippen LogP) is -0.232. The Labute approximate surface area is 187 Å². The van der Waals surface area contributed by atoms with Crippen LogP contribution in [-0.4, -0.2) is 73.5 Å². The van der Waals surface area contributed by atoms with E-state index in [1.54, 1.807) is 0 Å². The van der Waals surface area contributed by atoms with Gasteiger partial charge in [-0.15, -0.1) is 0 Å². The number of hydrogen-bond donors (Lipinski definition) is 6. The molecule has 3 aliphatic carbocycles. The molecule has 0 saturated heterocycles. The standard InChI is InChI=1S/C22H23FN2O8/c1-21(32)7-6-8-15(25(2)3)17(28)13(20(24)31)19(30)22(8,33)18(29)11(7)16(27)12-10(26)5-4-9(23)14(12)21/h4-5,7-8,15,26-27,31-33H,6,24H2,1-3H3/b20-13-/t7-,8+,15-,21?,22+/m0/s1. The summed E-state index contributed by atoms with van der Waals surface area (Å²) < 4.78 is 14.8. The molecule has 10 nitrogen and oxygen atoms in total. The van der Waals surface area contributed by atoms with Crippen LogP contribution in [0.2, 0.25) is 0 Å². The number of Topliss-reactive ketones (excluding diaryl/α,β-unsaturated/α-hetero) is 3. The smallest absolute Gasteiger partial charge is 0.211 e. The molecule has 2 saturated carbocycles. The van der Waals surface area contributed by atoms with Crippen LogP contribution in [0.25, 0.3) is 5.76 Å². The van der Waals surface area contributed by atoms with Crippen molar-refractivity contribution in [2.45, 2.75) is 30.6 Å². The molecule has 33 heavy (non-hydrogen) atoms. The Morgan fingerprint density at radius 3 is 2.30 bits per heavy atom. The lowest BCUT2D eigenvalue weighted by Crippen LogP contribution is -2.70. The Balaban J connectivity index is 2.05. The number of rotatable bonds is 1. The molecule has 1 aromatic carbocycles. The second-order valence-corrected chi connectivity index (χ2v) is 9.08. The maximum Gasteiger partial charge on any atom is 0.211 e. The van der Waals surface area contributed by atoms with E-state index in [-0.39, 0.29) is 6.42 Å². The average Bonchev–Trinajstić information content (AvgIpc) is 2.69. The third kappa shape index (κ3) is 2.66. The van der Waals surface area contributed by atoms with Gasteiger partial charge in [-0.2, -0.15) is 0 Å². The maximum atomic E-state index is 14.8. The van der Waals surface area contributed by atoms with Gasteiger partial charge in [-0.25, -0.2) is 4.39 Å². The second-order valence-electron chi connectivity index (χ2n) is 9.08. The van der Waals surface area contributed by atoms with Crippen LogP contribution >= 0.6 is 0 Å². The Morgan fingerprint density at radius 2 is 1.76 bits per heavy atom. The highest BCUT2D eigenvalue weighted by Gasteiger charge is 2.68. The number of aliphatic hydroxyl groups is 4. The van der Waals surface area contributed by atoms with Gasteiger partial charge in [0, 0.05) is 23.0 Å². The van der Waals surface area contributed by atoms with Crippen molar-refractivity contribution in [2.75, 3.05) is 14.1 Å². The number of aliphatic hydroxyl groups excluding tert-OH is 2. The predicted molar refractivity (Wildman–Crippen MR) is 110 cm³/mol. The zero-order valence-corrected chi connectivity index (χ0v) is 18.0. The monoisotopic (exact) mass is 462 g/mol. The number of likely N-dealkylation sites (N-methyl/N-ethyl adjacent to an activating group) is 1. The summed E-state index contributed by atoms with van der Waals surface area (Å²) in [5.74, 6) is -10.1. The number of hydrogen-bond acceptors (Lipinski definition) is 10. The average molecular weight is 462 g/mol. The van der Waals surface area contributed by atoms with Crippen LogP contribution in [0.1, 0.15) is 24.5 Å². The maximum absolute atomic E-state index is 14.8. The highest BCUT2D eigenvalue weighted by atomic mass is 19.1.